The van der Waals surface area contributed by atoms with Crippen LogP contribution in [0.2, 0.25) is 5.02 Å². The molecular weight excluding hydrogens is 395 g/mol. The maximum Gasteiger partial charge on any atom is 0.224 e. The van der Waals surface area contributed by atoms with E-state index in [-0.39, 0.29) is 24.2 Å². The van der Waals surface area contributed by atoms with Crippen molar-refractivity contribution in [2.24, 2.45) is 0 Å². The summed E-state index contributed by atoms with van der Waals surface area (Å²) in [5, 5.41) is 3.56. The van der Waals surface area contributed by atoms with Crippen molar-refractivity contribution in [3.05, 3.63) is 58.4 Å². The van der Waals surface area contributed by atoms with Crippen LogP contribution in [-0.4, -0.2) is 44.2 Å². The normalized spacial score (nSPS) is 17.0. The van der Waals surface area contributed by atoms with E-state index in [1.807, 2.05) is 12.1 Å². The first-order valence-electron chi connectivity index (χ1n) is 9.65. The first kappa shape index (κ1) is 21.4. The Kier molecular flexibility index (Phi) is 7.34. The number of ether oxygens (including phenoxy) is 2. The maximum absolute atomic E-state index is 13.2. The van der Waals surface area contributed by atoms with Gasteiger partial charge in [0.05, 0.1) is 20.6 Å². The standard InChI is InChI=1S/C22H26ClFN2O3/c1-28-20-8-5-15(10-21(20)29-2)11-22(27)25-18-4-3-9-26(14-18)13-16-6-7-17(24)12-19(16)23/h5-8,10,12,18H,3-4,9,11,13-14H2,1-2H3,(H,25,27). The highest BCUT2D eigenvalue weighted by Crippen LogP contribution is 2.27. The van der Waals surface area contributed by atoms with Gasteiger partial charge in [0.2, 0.25) is 5.91 Å². The fraction of sp³-hybridized carbons (Fsp3) is 0.409. The molecular formula is C22H26ClFN2O3. The van der Waals surface area contributed by atoms with Crippen LogP contribution >= 0.6 is 11.6 Å². The minimum atomic E-state index is -0.335. The summed E-state index contributed by atoms with van der Waals surface area (Å²) >= 11 is 6.15. The predicted octanol–water partition coefficient (Wildman–Crippen LogP) is 3.82. The van der Waals surface area contributed by atoms with Crippen LogP contribution in [0.1, 0.15) is 24.0 Å². The zero-order chi connectivity index (χ0) is 20.8. The lowest BCUT2D eigenvalue weighted by molar-refractivity contribution is -0.121. The molecule has 1 heterocycles. The second-order valence-corrected chi connectivity index (χ2v) is 7.65. The molecule has 156 valence electrons. The van der Waals surface area contributed by atoms with E-state index in [1.165, 1.54) is 12.1 Å². The molecule has 1 atom stereocenters. The van der Waals surface area contributed by atoms with Crippen LogP contribution in [0.5, 0.6) is 11.5 Å². The van der Waals surface area contributed by atoms with Crippen molar-refractivity contribution < 1.29 is 18.7 Å². The number of benzene rings is 2. The molecule has 1 aliphatic rings. The molecule has 7 heteroatoms. The molecule has 0 aliphatic carbocycles. The minimum Gasteiger partial charge on any atom is -0.493 e. The molecule has 0 radical (unpaired) electrons. The van der Waals surface area contributed by atoms with Crippen molar-refractivity contribution in [1.29, 1.82) is 0 Å². The quantitative estimate of drug-likeness (QED) is 0.739. The van der Waals surface area contributed by atoms with Crippen LogP contribution in [0.4, 0.5) is 4.39 Å². The highest BCUT2D eigenvalue weighted by atomic mass is 35.5. The fourth-order valence-corrected chi connectivity index (χ4v) is 3.89. The molecule has 2 aromatic carbocycles. The predicted molar refractivity (Wildman–Crippen MR) is 111 cm³/mol. The number of methoxy groups -OCH3 is 2. The van der Waals surface area contributed by atoms with E-state index in [0.29, 0.717) is 23.1 Å². The van der Waals surface area contributed by atoms with Gasteiger partial charge in [-0.2, -0.15) is 0 Å². The fourth-order valence-electron chi connectivity index (χ4n) is 3.66. The van der Waals surface area contributed by atoms with Gasteiger partial charge >= 0.3 is 0 Å². The largest absolute Gasteiger partial charge is 0.493 e. The Balaban J connectivity index is 1.55. The van der Waals surface area contributed by atoms with Gasteiger partial charge in [-0.05, 0) is 54.8 Å². The van der Waals surface area contributed by atoms with Crippen molar-refractivity contribution in [3.8, 4) is 11.5 Å². The number of piperidine rings is 1. The lowest BCUT2D eigenvalue weighted by atomic mass is 10.0. The van der Waals surface area contributed by atoms with Crippen molar-refractivity contribution >= 4 is 17.5 Å². The van der Waals surface area contributed by atoms with Gasteiger partial charge in [-0.1, -0.05) is 23.7 Å². The molecule has 1 unspecified atom stereocenters. The molecule has 3 rings (SSSR count). The number of nitrogens with zero attached hydrogens (tertiary/aromatic N) is 1. The van der Waals surface area contributed by atoms with Crippen LogP contribution in [-0.2, 0) is 17.8 Å². The summed E-state index contributed by atoms with van der Waals surface area (Å²) in [5.41, 5.74) is 1.76. The Labute approximate surface area is 175 Å². The molecule has 0 spiro atoms. The zero-order valence-corrected chi connectivity index (χ0v) is 17.5. The summed E-state index contributed by atoms with van der Waals surface area (Å²) in [6.45, 7) is 2.31. The molecule has 1 saturated heterocycles. The summed E-state index contributed by atoms with van der Waals surface area (Å²) in [5.74, 6) is 0.887. The van der Waals surface area contributed by atoms with Gasteiger partial charge in [-0.15, -0.1) is 0 Å². The number of halogens is 2. The number of carbonyl (C=O) groups excluding carboxylic acids is 1. The summed E-state index contributed by atoms with van der Waals surface area (Å²) in [4.78, 5) is 14.8. The third kappa shape index (κ3) is 5.84. The Hall–Kier alpha value is -2.31. The van der Waals surface area contributed by atoms with Gasteiger partial charge in [0.25, 0.3) is 0 Å². The lowest BCUT2D eigenvalue weighted by Crippen LogP contribution is -2.47. The highest BCUT2D eigenvalue weighted by molar-refractivity contribution is 6.31. The molecule has 1 amide bonds. The molecule has 5 nitrogen and oxygen atoms in total. The molecule has 0 aromatic heterocycles. The highest BCUT2D eigenvalue weighted by Gasteiger charge is 2.22. The summed E-state index contributed by atoms with van der Waals surface area (Å²) in [6.07, 6.45) is 2.20. The first-order chi connectivity index (χ1) is 14.0. The van der Waals surface area contributed by atoms with E-state index in [2.05, 4.69) is 10.2 Å². The molecule has 2 aromatic rings. The summed E-state index contributed by atoms with van der Waals surface area (Å²) in [6, 6.07) is 10.0. The van der Waals surface area contributed by atoms with Crippen LogP contribution < -0.4 is 14.8 Å². The molecule has 1 N–H and O–H groups in total. The van der Waals surface area contributed by atoms with E-state index in [1.54, 1.807) is 26.4 Å². The lowest BCUT2D eigenvalue weighted by Gasteiger charge is -2.33. The van der Waals surface area contributed by atoms with Gasteiger partial charge in [-0.3, -0.25) is 9.69 Å². The molecule has 29 heavy (non-hydrogen) atoms. The third-order valence-electron chi connectivity index (χ3n) is 5.09. The third-order valence-corrected chi connectivity index (χ3v) is 5.44. The van der Waals surface area contributed by atoms with E-state index < -0.39 is 0 Å². The van der Waals surface area contributed by atoms with Crippen molar-refractivity contribution in [1.82, 2.24) is 10.2 Å². The van der Waals surface area contributed by atoms with Gasteiger partial charge in [0.1, 0.15) is 5.82 Å². The van der Waals surface area contributed by atoms with Gasteiger partial charge < -0.3 is 14.8 Å². The second kappa shape index (κ2) is 9.94. The maximum atomic E-state index is 13.2. The van der Waals surface area contributed by atoms with Gasteiger partial charge in [0.15, 0.2) is 11.5 Å². The minimum absolute atomic E-state index is 0.0242. The number of hydrogen-bond donors (Lipinski definition) is 1. The molecule has 0 bridgehead atoms. The number of nitrogens with one attached hydrogen (secondary N) is 1. The first-order valence-corrected chi connectivity index (χ1v) is 10.0. The monoisotopic (exact) mass is 420 g/mol. The van der Waals surface area contributed by atoms with Crippen molar-refractivity contribution in [3.63, 3.8) is 0 Å². The Morgan fingerprint density at radius 1 is 1.21 bits per heavy atom. The number of carbonyl (C=O) groups is 1. The SMILES string of the molecule is COc1ccc(CC(=O)NC2CCCN(Cc3ccc(F)cc3Cl)C2)cc1OC. The van der Waals surface area contributed by atoms with Crippen LogP contribution in [0, 0.1) is 5.82 Å². The second-order valence-electron chi connectivity index (χ2n) is 7.24. The molecule has 0 saturated carbocycles. The van der Waals surface area contributed by atoms with Crippen LogP contribution in [0.25, 0.3) is 0 Å². The Morgan fingerprint density at radius 2 is 2.00 bits per heavy atom. The van der Waals surface area contributed by atoms with Crippen molar-refractivity contribution in [2.45, 2.75) is 31.8 Å². The molecule has 1 aliphatic heterocycles. The van der Waals surface area contributed by atoms with Crippen molar-refractivity contribution in [2.75, 3.05) is 27.3 Å². The number of rotatable bonds is 7. The average Bonchev–Trinajstić information content (AvgIpc) is 2.70. The molecule has 1 fully saturated rings. The van der Waals surface area contributed by atoms with Crippen LogP contribution in [0.15, 0.2) is 36.4 Å². The summed E-state index contributed by atoms with van der Waals surface area (Å²) < 4.78 is 23.8. The number of hydrogen-bond acceptors (Lipinski definition) is 4. The van der Waals surface area contributed by atoms with E-state index in [9.17, 15) is 9.18 Å². The smallest absolute Gasteiger partial charge is 0.224 e. The van der Waals surface area contributed by atoms with Gasteiger partial charge in [0, 0.05) is 24.2 Å². The van der Waals surface area contributed by atoms with E-state index in [0.717, 1.165) is 37.1 Å². The van der Waals surface area contributed by atoms with Crippen LogP contribution in [0.3, 0.4) is 0 Å². The average molecular weight is 421 g/mol. The Bertz CT molecular complexity index is 862. The number of likely N-dealkylation sites (tertiary alicyclic amines) is 1. The topological polar surface area (TPSA) is 50.8 Å². The zero-order valence-electron chi connectivity index (χ0n) is 16.7. The van der Waals surface area contributed by atoms with E-state index >= 15 is 0 Å². The number of amides is 1. The van der Waals surface area contributed by atoms with E-state index in [4.69, 9.17) is 21.1 Å². The van der Waals surface area contributed by atoms with Gasteiger partial charge in [-0.25, -0.2) is 4.39 Å². The summed E-state index contributed by atoms with van der Waals surface area (Å²) in [7, 11) is 3.16. The Morgan fingerprint density at radius 3 is 2.72 bits per heavy atom.